The van der Waals surface area contributed by atoms with Crippen molar-refractivity contribution in [3.05, 3.63) is 29.8 Å². The first-order valence-electron chi connectivity index (χ1n) is 25.2. The Bertz CT molecular complexity index is 2460. The van der Waals surface area contributed by atoms with Gasteiger partial charge in [-0.1, -0.05) is 72.0 Å². The molecule has 1 saturated heterocycles. The van der Waals surface area contributed by atoms with Gasteiger partial charge >= 0.3 is 17.9 Å². The molecule has 0 aromatic heterocycles. The second-order valence-electron chi connectivity index (χ2n) is 19.9. The number of hydrogen-bond acceptors (Lipinski definition) is 22. The summed E-state index contributed by atoms with van der Waals surface area (Å²) in [7, 11) is 2.20. The molecule has 0 spiro atoms. The number of carboxylic acid groups (broad SMARTS) is 1. The second kappa shape index (κ2) is 30.0. The summed E-state index contributed by atoms with van der Waals surface area (Å²) in [6, 6.07) is 2.63. The van der Waals surface area contributed by atoms with E-state index in [9.17, 15) is 68.4 Å². The third-order valence-corrected chi connectivity index (χ3v) is 17.7. The van der Waals surface area contributed by atoms with Gasteiger partial charge in [-0.2, -0.15) is 11.8 Å². The molecule has 9 atom stereocenters. The summed E-state index contributed by atoms with van der Waals surface area (Å²) in [6.45, 7) is 2.38. The summed E-state index contributed by atoms with van der Waals surface area (Å²) in [5.74, 6) is -13.4. The Morgan fingerprint density at radius 1 is 0.855 bits per heavy atom. The molecule has 0 saturated carbocycles. The van der Waals surface area contributed by atoms with Crippen LogP contribution in [-0.2, 0) is 63.8 Å². The van der Waals surface area contributed by atoms with E-state index >= 15 is 0 Å². The van der Waals surface area contributed by atoms with Gasteiger partial charge in [0.1, 0.15) is 40.7 Å². The van der Waals surface area contributed by atoms with Gasteiger partial charge in [0.25, 0.3) is 5.90 Å². The van der Waals surface area contributed by atoms with Crippen LogP contribution >= 0.6 is 57.8 Å². The van der Waals surface area contributed by atoms with Crippen LogP contribution in [0.2, 0.25) is 0 Å². The van der Waals surface area contributed by atoms with Crippen LogP contribution in [0.1, 0.15) is 96.5 Å². The number of benzene rings is 1. The third-order valence-electron chi connectivity index (χ3n) is 13.6. The third kappa shape index (κ3) is 17.7. The molecule has 1 fully saturated rings. The number of thiocarbonyl (C=S) groups is 2. The van der Waals surface area contributed by atoms with Crippen molar-refractivity contribution in [1.29, 1.82) is 0 Å². The standard InChI is InChI=1S/C52H65N3O16S5/c1-27(2)15-42(64)48-54-45(51(68)71-48)43(72)11-10-36(59)17-31(23-56)38(60)20-34-26-76-75-25-33(40(62)18-29(50(66)67)12-14-74-3)21-39(61)32(24-57)22-44(73)46-52(69)70-47(53-46)37-5-4-13-55(37)49(65)30(19-41(34)63)16-28-6-8-35(58)9-7-28/h6-9,27,29-34,37,45-46,56-58H,4-5,10-26H2,1-3H3,(H,66,67). The zero-order valence-electron chi connectivity index (χ0n) is 42.6. The van der Waals surface area contributed by atoms with Crippen molar-refractivity contribution >= 4 is 138 Å². The first-order chi connectivity index (χ1) is 36.1. The molecule has 4 heterocycles. The molecule has 19 nitrogen and oxygen atoms in total. The fourth-order valence-corrected chi connectivity index (χ4v) is 13.1. The van der Waals surface area contributed by atoms with Gasteiger partial charge in [-0.25, -0.2) is 19.6 Å². The predicted octanol–water partition coefficient (Wildman–Crippen LogP) is 4.81. The van der Waals surface area contributed by atoms with Crippen LogP contribution in [0.25, 0.3) is 0 Å². The zero-order chi connectivity index (χ0) is 55.8. The van der Waals surface area contributed by atoms with Gasteiger partial charge in [-0.05, 0) is 74.1 Å². The number of carbonyl (C=O) groups excluding carboxylic acids is 9. The minimum atomic E-state index is -1.34. The van der Waals surface area contributed by atoms with Crippen molar-refractivity contribution in [3.8, 4) is 5.75 Å². The van der Waals surface area contributed by atoms with Gasteiger partial charge in [0, 0.05) is 102 Å². The Hall–Kier alpha value is -4.59. The number of fused-ring (bicyclic) bond motifs is 3. The van der Waals surface area contributed by atoms with E-state index in [1.54, 1.807) is 18.4 Å². The fourth-order valence-electron chi connectivity index (χ4n) is 9.24. The number of esters is 2. The summed E-state index contributed by atoms with van der Waals surface area (Å²) in [6.07, 6.45) is 0.173. The molecule has 414 valence electrons. The van der Waals surface area contributed by atoms with E-state index in [2.05, 4.69) is 9.98 Å². The maximum absolute atomic E-state index is 14.8. The Morgan fingerprint density at radius 2 is 1.55 bits per heavy atom. The lowest BCUT2D eigenvalue weighted by Crippen LogP contribution is -2.45. The van der Waals surface area contributed by atoms with Gasteiger partial charge in [-0.15, -0.1) is 0 Å². The quantitative estimate of drug-likeness (QED) is 0.0649. The molecule has 4 aliphatic heterocycles. The highest BCUT2D eigenvalue weighted by molar-refractivity contribution is 8.76. The lowest BCUT2D eigenvalue weighted by atomic mass is 9.85. The van der Waals surface area contributed by atoms with E-state index in [0.717, 1.165) is 21.6 Å². The van der Waals surface area contributed by atoms with Crippen LogP contribution in [0.4, 0.5) is 0 Å². The topological polar surface area (TPSA) is 298 Å². The molecule has 4 aliphatic rings. The summed E-state index contributed by atoms with van der Waals surface area (Å²) in [5, 5.41) is 41.0. The van der Waals surface area contributed by atoms with Gasteiger partial charge < -0.3 is 34.8 Å². The van der Waals surface area contributed by atoms with E-state index < -0.39 is 151 Å². The second-order valence-corrected chi connectivity index (χ2v) is 24.5. The van der Waals surface area contributed by atoms with Crippen LogP contribution in [0.3, 0.4) is 0 Å². The molecule has 76 heavy (non-hydrogen) atoms. The molecule has 1 aromatic rings. The zero-order valence-corrected chi connectivity index (χ0v) is 46.7. The Morgan fingerprint density at radius 3 is 2.21 bits per heavy atom. The molecule has 0 radical (unpaired) electrons. The van der Waals surface area contributed by atoms with Crippen molar-refractivity contribution in [2.75, 3.05) is 43.3 Å². The number of hydrogen-bond donors (Lipinski definition) is 4. The highest BCUT2D eigenvalue weighted by Gasteiger charge is 2.44. The lowest BCUT2D eigenvalue weighted by Gasteiger charge is -2.29. The number of aromatic hydroxyl groups is 1. The van der Waals surface area contributed by atoms with Crippen LogP contribution in [0, 0.1) is 41.4 Å². The number of aliphatic imine (C=N–C) groups is 2. The number of amides is 1. The van der Waals surface area contributed by atoms with Gasteiger partial charge in [-0.3, -0.25) is 38.4 Å². The van der Waals surface area contributed by atoms with E-state index in [1.807, 2.05) is 13.8 Å². The Balaban J connectivity index is 1.43. The predicted molar refractivity (Wildman–Crippen MR) is 293 cm³/mol. The number of Topliss-reactive ketones (excluding diaryl/α,β-unsaturated/α-hetero) is 6. The molecule has 24 heteroatoms. The minimum Gasteiger partial charge on any atom is -0.508 e. The summed E-state index contributed by atoms with van der Waals surface area (Å²) < 4.78 is 10.7. The van der Waals surface area contributed by atoms with E-state index in [-0.39, 0.29) is 96.2 Å². The largest absolute Gasteiger partial charge is 0.508 e. The molecule has 4 N–H and O–H groups in total. The lowest BCUT2D eigenvalue weighted by molar-refractivity contribution is -0.144. The minimum absolute atomic E-state index is 0.00452. The number of ether oxygens (including phenoxy) is 2. The highest BCUT2D eigenvalue weighted by Crippen LogP contribution is 2.35. The van der Waals surface area contributed by atoms with Crippen LogP contribution in [0.15, 0.2) is 34.3 Å². The van der Waals surface area contributed by atoms with Gasteiger partial charge in [0.15, 0.2) is 12.1 Å². The number of thioether (sulfide) groups is 1. The molecule has 1 aromatic carbocycles. The number of rotatable bonds is 23. The summed E-state index contributed by atoms with van der Waals surface area (Å²) in [4.78, 5) is 146. The SMILES string of the molecule is CSCCC(CC(=O)C1CSSCC(CC(=O)C(CO)CC(=O)CCC(=S)C2N=C(C(=O)CC(C)C)OC2=O)C(=O)CC(Cc2ccc(O)cc2)C(=O)N2CCCC2C2=NC(C(=O)O2)C(=S)CC(CO)C(=O)C1)C(=O)O. The maximum Gasteiger partial charge on any atom is 0.343 e. The van der Waals surface area contributed by atoms with Crippen molar-refractivity contribution in [2.24, 2.45) is 51.4 Å². The normalized spacial score (nSPS) is 24.8. The average molecular weight is 1150 g/mol. The van der Waals surface area contributed by atoms with Gasteiger partial charge in [0.2, 0.25) is 17.6 Å². The monoisotopic (exact) mass is 1150 g/mol. The molecular formula is C52H65N3O16S5. The fraction of sp³-hybridized carbons (Fsp3) is 0.615. The Kier molecular flexibility index (Phi) is 24.5. The van der Waals surface area contributed by atoms with Crippen LogP contribution in [-0.4, -0.2) is 167 Å². The number of carboxylic acids is 1. The molecule has 5 rings (SSSR count). The number of phenolic OH excluding ortho intramolecular Hbond substituents is 1. The molecule has 1 amide bonds. The van der Waals surface area contributed by atoms with Crippen molar-refractivity contribution in [1.82, 2.24) is 4.90 Å². The molecule has 2 bridgehead atoms. The Labute approximate surface area is 463 Å². The first-order valence-corrected chi connectivity index (χ1v) is 29.9. The first kappa shape index (κ1) is 62.3. The number of ketones is 6. The number of phenols is 1. The molecule has 9 unspecified atom stereocenters. The van der Waals surface area contributed by atoms with Crippen molar-refractivity contribution < 1.29 is 77.8 Å². The maximum atomic E-state index is 14.8. The van der Waals surface area contributed by atoms with Crippen LogP contribution in [0.5, 0.6) is 5.75 Å². The van der Waals surface area contributed by atoms with Gasteiger partial charge in [0.05, 0.1) is 19.1 Å². The summed E-state index contributed by atoms with van der Waals surface area (Å²) >= 11 is 12.4. The number of aliphatic hydroxyl groups is 2. The number of cyclic esters (lactones) is 1. The average Bonchev–Trinajstić information content (AvgIpc) is 4.13. The van der Waals surface area contributed by atoms with E-state index in [4.69, 9.17) is 33.9 Å². The van der Waals surface area contributed by atoms with E-state index in [1.165, 1.54) is 28.8 Å². The molecular weight excluding hydrogens is 1080 g/mol. The number of nitrogens with zero attached hydrogens (tertiary/aromatic N) is 3. The van der Waals surface area contributed by atoms with E-state index in [0.29, 0.717) is 24.2 Å². The number of carbonyl (C=O) groups is 10. The smallest absolute Gasteiger partial charge is 0.343 e. The highest BCUT2D eigenvalue weighted by atomic mass is 33.1. The van der Waals surface area contributed by atoms with Crippen molar-refractivity contribution in [2.45, 2.75) is 115 Å². The van der Waals surface area contributed by atoms with Crippen molar-refractivity contribution in [3.63, 3.8) is 0 Å². The molecule has 0 aliphatic carbocycles. The number of aliphatic hydroxyl groups excluding tert-OH is 2. The summed E-state index contributed by atoms with van der Waals surface area (Å²) in [5.41, 5.74) is 0.596. The number of aliphatic carboxylic acids is 1. The van der Waals surface area contributed by atoms with Crippen LogP contribution < -0.4 is 0 Å².